The van der Waals surface area contributed by atoms with Gasteiger partial charge in [-0.15, -0.1) is 11.6 Å². The molecule has 0 bridgehead atoms. The van der Waals surface area contributed by atoms with Gasteiger partial charge in [0.2, 0.25) is 0 Å². The second-order valence-electron chi connectivity index (χ2n) is 2.43. The summed E-state index contributed by atoms with van der Waals surface area (Å²) in [6, 6.07) is 6.48. The van der Waals surface area contributed by atoms with Crippen LogP contribution in [0.4, 0.5) is 5.69 Å². The predicted octanol–water partition coefficient (Wildman–Crippen LogP) is 2.89. The Morgan fingerprint density at radius 1 is 1.50 bits per heavy atom. The molecule has 1 aromatic carbocycles. The predicted molar refractivity (Wildman–Crippen MR) is 47.4 cm³/mol. The molecule has 0 N–H and O–H groups in total. The summed E-state index contributed by atoms with van der Waals surface area (Å²) in [7, 11) is 0. The molecule has 0 spiro atoms. The number of nitro benzene ring substituents is 1. The Labute approximate surface area is 75.1 Å². The molecule has 64 valence electrons. The van der Waals surface area contributed by atoms with E-state index >= 15 is 0 Å². The Morgan fingerprint density at radius 3 is 2.50 bits per heavy atom. The highest BCUT2D eigenvalue weighted by molar-refractivity contribution is 6.20. The van der Waals surface area contributed by atoms with E-state index in [1.165, 1.54) is 6.07 Å². The highest BCUT2D eigenvalue weighted by Gasteiger charge is 2.15. The van der Waals surface area contributed by atoms with Crippen LogP contribution in [0.25, 0.3) is 0 Å². The minimum Gasteiger partial charge on any atom is -0.258 e. The number of benzene rings is 1. The van der Waals surface area contributed by atoms with Crippen LogP contribution in [0.15, 0.2) is 24.3 Å². The summed E-state index contributed by atoms with van der Waals surface area (Å²) in [4.78, 5) is 10.1. The first-order valence-electron chi connectivity index (χ1n) is 3.50. The second-order valence-corrected chi connectivity index (χ2v) is 3.09. The van der Waals surface area contributed by atoms with E-state index in [0.717, 1.165) is 0 Å². The Kier molecular flexibility index (Phi) is 2.65. The van der Waals surface area contributed by atoms with Gasteiger partial charge in [0.25, 0.3) is 5.69 Å². The van der Waals surface area contributed by atoms with Crippen molar-refractivity contribution in [3.63, 3.8) is 0 Å². The highest BCUT2D eigenvalue weighted by Crippen LogP contribution is 2.28. The monoisotopic (exact) mass is 185 g/mol. The van der Waals surface area contributed by atoms with Crippen LogP contribution in [-0.2, 0) is 0 Å². The van der Waals surface area contributed by atoms with Gasteiger partial charge >= 0.3 is 0 Å². The molecule has 0 aliphatic rings. The van der Waals surface area contributed by atoms with E-state index in [9.17, 15) is 10.1 Å². The minimum atomic E-state index is -0.422. The van der Waals surface area contributed by atoms with Gasteiger partial charge in [0, 0.05) is 11.6 Å². The molecule has 0 aliphatic carbocycles. The van der Waals surface area contributed by atoms with Gasteiger partial charge in [-0.3, -0.25) is 10.1 Å². The van der Waals surface area contributed by atoms with Gasteiger partial charge in [0.05, 0.1) is 10.3 Å². The highest BCUT2D eigenvalue weighted by atomic mass is 35.5. The van der Waals surface area contributed by atoms with Crippen molar-refractivity contribution in [1.82, 2.24) is 0 Å². The average molecular weight is 186 g/mol. The van der Waals surface area contributed by atoms with E-state index in [1.54, 1.807) is 25.1 Å². The molecule has 0 radical (unpaired) electrons. The largest absolute Gasteiger partial charge is 0.274 e. The molecule has 4 heteroatoms. The molecule has 0 aromatic heterocycles. The molecule has 0 aliphatic heterocycles. The first-order valence-corrected chi connectivity index (χ1v) is 3.94. The fraction of sp³-hybridized carbons (Fsp3) is 0.250. The lowest BCUT2D eigenvalue weighted by atomic mass is 10.1. The van der Waals surface area contributed by atoms with Crippen LogP contribution in [0.5, 0.6) is 0 Å². The average Bonchev–Trinajstić information content (AvgIpc) is 2.04. The standard InChI is InChI=1S/C8H8ClNO2/c1-6(9)7-4-2-3-5-8(7)10(11)12/h2-6H,1H3. The molecular formula is C8H8ClNO2. The lowest BCUT2D eigenvalue weighted by Crippen LogP contribution is -1.94. The summed E-state index contributed by atoms with van der Waals surface area (Å²) in [6.07, 6.45) is 0. The SMILES string of the molecule is CC(Cl)c1ccccc1[N+](=O)[O-]. The van der Waals surface area contributed by atoms with E-state index in [4.69, 9.17) is 11.6 Å². The van der Waals surface area contributed by atoms with Gasteiger partial charge in [-0.25, -0.2) is 0 Å². The van der Waals surface area contributed by atoms with Crippen molar-refractivity contribution < 1.29 is 4.92 Å². The summed E-state index contributed by atoms with van der Waals surface area (Å²) < 4.78 is 0. The zero-order valence-electron chi connectivity index (χ0n) is 6.53. The molecule has 0 saturated carbocycles. The Morgan fingerprint density at radius 2 is 2.08 bits per heavy atom. The molecule has 0 fully saturated rings. The molecule has 0 heterocycles. The molecule has 0 saturated heterocycles. The third-order valence-corrected chi connectivity index (χ3v) is 1.80. The minimum absolute atomic E-state index is 0.0833. The van der Waals surface area contributed by atoms with Crippen molar-refractivity contribution in [3.8, 4) is 0 Å². The maximum atomic E-state index is 10.5. The van der Waals surface area contributed by atoms with Crippen LogP contribution in [-0.4, -0.2) is 4.92 Å². The van der Waals surface area contributed by atoms with Gasteiger partial charge in [-0.05, 0) is 6.92 Å². The Balaban J connectivity index is 3.17. The van der Waals surface area contributed by atoms with Gasteiger partial charge in [-0.2, -0.15) is 0 Å². The maximum absolute atomic E-state index is 10.5. The fourth-order valence-corrected chi connectivity index (χ4v) is 1.17. The lowest BCUT2D eigenvalue weighted by Gasteiger charge is -2.02. The van der Waals surface area contributed by atoms with Crippen molar-refractivity contribution >= 4 is 17.3 Å². The number of nitrogens with zero attached hydrogens (tertiary/aromatic N) is 1. The van der Waals surface area contributed by atoms with Crippen molar-refractivity contribution in [3.05, 3.63) is 39.9 Å². The van der Waals surface area contributed by atoms with E-state index < -0.39 is 4.92 Å². The number of hydrogen-bond acceptors (Lipinski definition) is 2. The first-order chi connectivity index (χ1) is 5.63. The van der Waals surface area contributed by atoms with Crippen molar-refractivity contribution in [2.75, 3.05) is 0 Å². The van der Waals surface area contributed by atoms with Crippen LogP contribution in [0.1, 0.15) is 17.9 Å². The summed E-state index contributed by atoms with van der Waals surface area (Å²) >= 11 is 5.75. The summed E-state index contributed by atoms with van der Waals surface area (Å²) in [5.74, 6) is 0. The normalized spacial score (nSPS) is 12.5. The summed E-state index contributed by atoms with van der Waals surface area (Å²) in [6.45, 7) is 1.71. The molecule has 1 unspecified atom stereocenters. The third-order valence-electron chi connectivity index (χ3n) is 1.56. The van der Waals surface area contributed by atoms with Crippen molar-refractivity contribution in [2.24, 2.45) is 0 Å². The summed E-state index contributed by atoms with van der Waals surface area (Å²) in [5.41, 5.74) is 0.643. The van der Waals surface area contributed by atoms with Gasteiger partial charge in [0.15, 0.2) is 0 Å². The smallest absolute Gasteiger partial charge is 0.258 e. The molecule has 3 nitrogen and oxygen atoms in total. The van der Waals surface area contributed by atoms with Crippen LogP contribution < -0.4 is 0 Å². The van der Waals surface area contributed by atoms with Crippen LogP contribution in [0.2, 0.25) is 0 Å². The zero-order valence-corrected chi connectivity index (χ0v) is 7.28. The quantitative estimate of drug-likeness (QED) is 0.404. The number of nitro groups is 1. The van der Waals surface area contributed by atoms with Gasteiger partial charge in [0.1, 0.15) is 0 Å². The van der Waals surface area contributed by atoms with Gasteiger partial charge in [-0.1, -0.05) is 18.2 Å². The molecule has 1 rings (SSSR count). The zero-order chi connectivity index (χ0) is 9.14. The third kappa shape index (κ3) is 1.74. The van der Waals surface area contributed by atoms with Gasteiger partial charge < -0.3 is 0 Å². The van der Waals surface area contributed by atoms with E-state index in [0.29, 0.717) is 5.56 Å². The van der Waals surface area contributed by atoms with Crippen LogP contribution >= 0.6 is 11.6 Å². The van der Waals surface area contributed by atoms with E-state index in [1.807, 2.05) is 0 Å². The number of halogens is 1. The van der Waals surface area contributed by atoms with Crippen molar-refractivity contribution in [1.29, 1.82) is 0 Å². The van der Waals surface area contributed by atoms with Crippen molar-refractivity contribution in [2.45, 2.75) is 12.3 Å². The topological polar surface area (TPSA) is 43.1 Å². The second kappa shape index (κ2) is 3.54. The Bertz CT molecular complexity index is 299. The molecule has 0 amide bonds. The maximum Gasteiger partial charge on any atom is 0.274 e. The van der Waals surface area contributed by atoms with E-state index in [2.05, 4.69) is 0 Å². The number of alkyl halides is 1. The fourth-order valence-electron chi connectivity index (χ4n) is 0.990. The summed E-state index contributed by atoms with van der Waals surface area (Å²) in [5, 5.41) is 10.1. The lowest BCUT2D eigenvalue weighted by molar-refractivity contribution is -0.385. The molecule has 1 aromatic rings. The number of rotatable bonds is 2. The van der Waals surface area contributed by atoms with Crippen LogP contribution in [0, 0.1) is 10.1 Å². The molecule has 12 heavy (non-hydrogen) atoms. The van der Waals surface area contributed by atoms with Crippen LogP contribution in [0.3, 0.4) is 0 Å². The first kappa shape index (κ1) is 9.00. The molecule has 1 atom stereocenters. The molecular weight excluding hydrogens is 178 g/mol. The van der Waals surface area contributed by atoms with E-state index in [-0.39, 0.29) is 11.1 Å². The number of para-hydroxylation sites is 1. The number of hydrogen-bond donors (Lipinski definition) is 0. The Hall–Kier alpha value is -1.09.